The van der Waals surface area contributed by atoms with Gasteiger partial charge in [-0.1, -0.05) is 24.3 Å². The van der Waals surface area contributed by atoms with Gasteiger partial charge in [0.1, 0.15) is 11.3 Å². The molecule has 7 heteroatoms. The summed E-state index contributed by atoms with van der Waals surface area (Å²) in [6, 6.07) is 13.0. The number of amides is 1. The Morgan fingerprint density at radius 1 is 1.12 bits per heavy atom. The Hall–Kier alpha value is -3.22. The van der Waals surface area contributed by atoms with Crippen LogP contribution in [0.1, 0.15) is 12.3 Å². The van der Waals surface area contributed by atoms with Gasteiger partial charge in [0.2, 0.25) is 0 Å². The summed E-state index contributed by atoms with van der Waals surface area (Å²) < 4.78 is 23.8. The van der Waals surface area contributed by atoms with E-state index in [2.05, 4.69) is 10.3 Å². The Kier molecular flexibility index (Phi) is 5.03. The quantitative estimate of drug-likeness (QED) is 0.696. The highest BCUT2D eigenvalue weighted by Gasteiger charge is 2.12. The summed E-state index contributed by atoms with van der Waals surface area (Å²) in [6.07, 6.45) is 0.294. The highest BCUT2D eigenvalue weighted by Crippen LogP contribution is 2.16. The van der Waals surface area contributed by atoms with E-state index in [1.807, 2.05) is 18.2 Å². The van der Waals surface area contributed by atoms with Crippen molar-refractivity contribution in [1.29, 1.82) is 0 Å². The number of oxazole rings is 1. The summed E-state index contributed by atoms with van der Waals surface area (Å²) in [7, 11) is 0. The number of nitrogens with one attached hydrogen (secondary N) is 1. The van der Waals surface area contributed by atoms with Crippen molar-refractivity contribution in [1.82, 2.24) is 4.98 Å². The lowest BCUT2D eigenvalue weighted by atomic mass is 10.3. The first-order valence-corrected chi connectivity index (χ1v) is 7.66. The third kappa shape index (κ3) is 4.41. The summed E-state index contributed by atoms with van der Waals surface area (Å²) >= 11 is 0. The number of carbonyl (C=O) groups excluding carboxylic acids is 2. The molecule has 25 heavy (non-hydrogen) atoms. The normalized spacial score (nSPS) is 10.6. The summed E-state index contributed by atoms with van der Waals surface area (Å²) in [5.74, 6) is -1.31. The average molecular weight is 342 g/mol. The minimum absolute atomic E-state index is 0.0276. The van der Waals surface area contributed by atoms with Crippen LogP contribution in [0.5, 0.6) is 0 Å². The maximum Gasteiger partial charge on any atom is 0.306 e. The molecule has 0 atom stereocenters. The second kappa shape index (κ2) is 7.57. The number of hydrogen-bond acceptors (Lipinski definition) is 5. The molecule has 0 bridgehead atoms. The Balaban J connectivity index is 1.44. The van der Waals surface area contributed by atoms with Gasteiger partial charge >= 0.3 is 5.97 Å². The van der Waals surface area contributed by atoms with E-state index in [1.54, 1.807) is 12.1 Å². The van der Waals surface area contributed by atoms with E-state index in [9.17, 15) is 14.0 Å². The molecule has 2 aromatic carbocycles. The van der Waals surface area contributed by atoms with Gasteiger partial charge in [-0.05, 0) is 24.3 Å². The summed E-state index contributed by atoms with van der Waals surface area (Å²) in [5, 5.41) is 2.34. The third-order valence-corrected chi connectivity index (χ3v) is 3.39. The first-order chi connectivity index (χ1) is 12.1. The van der Waals surface area contributed by atoms with Crippen molar-refractivity contribution in [3.63, 3.8) is 0 Å². The molecule has 0 radical (unpaired) electrons. The number of carbonyl (C=O) groups is 2. The lowest BCUT2D eigenvalue weighted by Gasteiger charge is -2.06. The smallest absolute Gasteiger partial charge is 0.306 e. The number of esters is 1. The van der Waals surface area contributed by atoms with Gasteiger partial charge in [-0.25, -0.2) is 9.37 Å². The maximum atomic E-state index is 13.4. The van der Waals surface area contributed by atoms with E-state index < -0.39 is 24.3 Å². The monoisotopic (exact) mass is 342 g/mol. The molecule has 3 aromatic rings. The van der Waals surface area contributed by atoms with Gasteiger partial charge in [0.15, 0.2) is 18.1 Å². The Morgan fingerprint density at radius 3 is 2.68 bits per heavy atom. The molecule has 3 rings (SSSR count). The number of fused-ring (bicyclic) bond motifs is 1. The van der Waals surface area contributed by atoms with Crippen LogP contribution in [-0.2, 0) is 20.7 Å². The maximum absolute atomic E-state index is 13.4. The fourth-order valence-corrected chi connectivity index (χ4v) is 2.20. The van der Waals surface area contributed by atoms with Crippen molar-refractivity contribution in [2.45, 2.75) is 12.8 Å². The van der Waals surface area contributed by atoms with Crippen LogP contribution in [0.4, 0.5) is 10.1 Å². The molecular formula is C18H15FN2O4. The highest BCUT2D eigenvalue weighted by atomic mass is 19.1. The van der Waals surface area contributed by atoms with Crippen molar-refractivity contribution >= 4 is 28.7 Å². The molecule has 0 saturated carbocycles. The number of aryl methyl sites for hydroxylation is 1. The zero-order valence-electron chi connectivity index (χ0n) is 13.2. The number of para-hydroxylation sites is 3. The third-order valence-electron chi connectivity index (χ3n) is 3.39. The average Bonchev–Trinajstić information content (AvgIpc) is 3.03. The molecular weight excluding hydrogens is 327 g/mol. The Labute approximate surface area is 142 Å². The van der Waals surface area contributed by atoms with Crippen LogP contribution in [0.25, 0.3) is 11.1 Å². The first kappa shape index (κ1) is 16.6. The lowest BCUT2D eigenvalue weighted by molar-refractivity contribution is -0.147. The van der Waals surface area contributed by atoms with Gasteiger partial charge in [0, 0.05) is 6.42 Å². The van der Waals surface area contributed by atoms with Gasteiger partial charge in [-0.2, -0.15) is 0 Å². The molecule has 1 aromatic heterocycles. The molecule has 1 amide bonds. The van der Waals surface area contributed by atoms with Gasteiger partial charge in [-0.3, -0.25) is 9.59 Å². The lowest BCUT2D eigenvalue weighted by Crippen LogP contribution is -2.21. The summed E-state index contributed by atoms with van der Waals surface area (Å²) in [6.45, 7) is -0.485. The second-order valence-corrected chi connectivity index (χ2v) is 5.26. The second-order valence-electron chi connectivity index (χ2n) is 5.26. The fraction of sp³-hybridized carbons (Fsp3) is 0.167. The zero-order valence-corrected chi connectivity index (χ0v) is 13.2. The summed E-state index contributed by atoms with van der Waals surface area (Å²) in [5.41, 5.74) is 1.40. The first-order valence-electron chi connectivity index (χ1n) is 7.66. The van der Waals surface area contributed by atoms with Gasteiger partial charge in [0.25, 0.3) is 5.91 Å². The standard InChI is InChI=1S/C18H15FN2O4/c19-12-5-1-2-6-13(12)20-16(22)11-24-18(23)10-9-17-21-14-7-3-4-8-15(14)25-17/h1-8H,9-11H2,(H,20,22). The molecule has 1 heterocycles. The molecule has 128 valence electrons. The van der Waals surface area contributed by atoms with Gasteiger partial charge in [0.05, 0.1) is 12.1 Å². The number of benzene rings is 2. The van der Waals surface area contributed by atoms with Crippen molar-refractivity contribution in [3.05, 3.63) is 60.2 Å². The molecule has 0 aliphatic carbocycles. The number of aromatic nitrogens is 1. The van der Waals surface area contributed by atoms with Crippen molar-refractivity contribution in [2.75, 3.05) is 11.9 Å². The van der Waals surface area contributed by atoms with E-state index in [0.29, 0.717) is 11.5 Å². The van der Waals surface area contributed by atoms with Crippen LogP contribution < -0.4 is 5.32 Å². The van der Waals surface area contributed by atoms with Crippen molar-refractivity contribution in [2.24, 2.45) is 0 Å². The van der Waals surface area contributed by atoms with Crippen LogP contribution in [0.3, 0.4) is 0 Å². The molecule has 1 N–H and O–H groups in total. The van der Waals surface area contributed by atoms with Crippen LogP contribution in [0.15, 0.2) is 52.9 Å². The molecule has 0 spiro atoms. The van der Waals surface area contributed by atoms with Crippen LogP contribution in [-0.4, -0.2) is 23.5 Å². The molecule has 0 unspecified atom stereocenters. The predicted molar refractivity (Wildman–Crippen MR) is 88.3 cm³/mol. The van der Waals surface area contributed by atoms with E-state index in [-0.39, 0.29) is 18.5 Å². The van der Waals surface area contributed by atoms with E-state index >= 15 is 0 Å². The number of ether oxygens (including phenoxy) is 1. The Morgan fingerprint density at radius 2 is 1.88 bits per heavy atom. The number of anilines is 1. The molecule has 0 aliphatic rings. The fourth-order valence-electron chi connectivity index (χ4n) is 2.20. The molecule has 6 nitrogen and oxygen atoms in total. The van der Waals surface area contributed by atoms with Crippen molar-refractivity contribution < 1.29 is 23.1 Å². The predicted octanol–water partition coefficient (Wildman–Crippen LogP) is 3.08. The van der Waals surface area contributed by atoms with Crippen LogP contribution in [0.2, 0.25) is 0 Å². The molecule has 0 aliphatic heterocycles. The number of hydrogen-bond donors (Lipinski definition) is 1. The SMILES string of the molecule is O=C(COC(=O)CCc1nc2ccccc2o1)Nc1ccccc1F. The summed E-state index contributed by atoms with van der Waals surface area (Å²) in [4.78, 5) is 27.6. The van der Waals surface area contributed by atoms with E-state index in [4.69, 9.17) is 9.15 Å². The number of nitrogens with zero attached hydrogens (tertiary/aromatic N) is 1. The zero-order chi connectivity index (χ0) is 17.6. The van der Waals surface area contributed by atoms with Crippen LogP contribution in [0, 0.1) is 5.82 Å². The highest BCUT2D eigenvalue weighted by molar-refractivity contribution is 5.92. The molecule has 0 saturated heterocycles. The minimum Gasteiger partial charge on any atom is -0.456 e. The number of halogens is 1. The van der Waals surface area contributed by atoms with Gasteiger partial charge in [-0.15, -0.1) is 0 Å². The Bertz CT molecular complexity index is 874. The van der Waals surface area contributed by atoms with Gasteiger partial charge < -0.3 is 14.5 Å². The van der Waals surface area contributed by atoms with Crippen LogP contribution >= 0.6 is 0 Å². The van der Waals surface area contributed by atoms with E-state index in [0.717, 1.165) is 5.52 Å². The van der Waals surface area contributed by atoms with E-state index in [1.165, 1.54) is 18.2 Å². The number of rotatable bonds is 6. The largest absolute Gasteiger partial charge is 0.456 e. The molecule has 0 fully saturated rings. The van der Waals surface area contributed by atoms with Crippen molar-refractivity contribution in [3.8, 4) is 0 Å². The topological polar surface area (TPSA) is 81.4 Å². The minimum atomic E-state index is -0.611.